The number of pyridine rings is 1. The summed E-state index contributed by atoms with van der Waals surface area (Å²) in [5.41, 5.74) is 1.31. The summed E-state index contributed by atoms with van der Waals surface area (Å²) in [6.07, 6.45) is 4.25. The molecule has 1 aromatic rings. The summed E-state index contributed by atoms with van der Waals surface area (Å²) >= 11 is 0. The molecule has 96 valence electrons. The Balaban J connectivity index is 1.77. The van der Waals surface area contributed by atoms with E-state index in [-0.39, 0.29) is 0 Å². The van der Waals surface area contributed by atoms with Crippen LogP contribution in [-0.2, 0) is 0 Å². The molecule has 2 heterocycles. The van der Waals surface area contributed by atoms with E-state index < -0.39 is 0 Å². The second-order valence-corrected chi connectivity index (χ2v) is 4.96. The number of nitrogens with zero attached hydrogens (tertiary/aromatic N) is 3. The van der Waals surface area contributed by atoms with E-state index in [9.17, 15) is 0 Å². The molecule has 1 N–H and O–H groups in total. The molecule has 1 aliphatic heterocycles. The van der Waals surface area contributed by atoms with Crippen LogP contribution in [0, 0.1) is 17.2 Å². The van der Waals surface area contributed by atoms with Crippen LogP contribution < -0.4 is 5.32 Å². The first kappa shape index (κ1) is 12.8. The zero-order valence-corrected chi connectivity index (χ0v) is 10.9. The Bertz CT molecular complexity index is 416. The van der Waals surface area contributed by atoms with E-state index in [1.54, 1.807) is 6.20 Å². The monoisotopic (exact) mass is 244 g/mol. The van der Waals surface area contributed by atoms with Crippen LogP contribution in [0.5, 0.6) is 0 Å². The van der Waals surface area contributed by atoms with E-state index in [0.29, 0.717) is 5.69 Å². The summed E-state index contributed by atoms with van der Waals surface area (Å²) in [5.74, 6) is 0.873. The van der Waals surface area contributed by atoms with Crippen molar-refractivity contribution in [3.63, 3.8) is 0 Å². The number of hydrogen-bond donors (Lipinski definition) is 1. The lowest BCUT2D eigenvalue weighted by molar-refractivity contribution is 0.199. The summed E-state index contributed by atoms with van der Waals surface area (Å²) < 4.78 is 0. The predicted molar refractivity (Wildman–Crippen MR) is 72.3 cm³/mol. The molecule has 0 radical (unpaired) electrons. The smallest absolute Gasteiger partial charge is 0.163 e. The predicted octanol–water partition coefficient (Wildman–Crippen LogP) is 2.10. The number of nitriles is 1. The topological polar surface area (TPSA) is 52.0 Å². The van der Waals surface area contributed by atoms with Crippen LogP contribution in [0.25, 0.3) is 0 Å². The van der Waals surface area contributed by atoms with Crippen LogP contribution >= 0.6 is 0 Å². The van der Waals surface area contributed by atoms with Gasteiger partial charge in [-0.25, -0.2) is 4.98 Å². The lowest BCUT2D eigenvalue weighted by Gasteiger charge is -2.30. The van der Waals surface area contributed by atoms with Crippen molar-refractivity contribution in [2.45, 2.75) is 19.8 Å². The van der Waals surface area contributed by atoms with Gasteiger partial charge >= 0.3 is 0 Å². The molecule has 0 aliphatic carbocycles. The average Bonchev–Trinajstić information content (AvgIpc) is 2.41. The molecule has 0 atom stereocenters. The molecule has 1 aromatic heterocycles. The van der Waals surface area contributed by atoms with Gasteiger partial charge in [-0.15, -0.1) is 0 Å². The second kappa shape index (κ2) is 6.36. The maximum absolute atomic E-state index is 8.93. The minimum absolute atomic E-state index is 0.477. The molecule has 1 fully saturated rings. The fourth-order valence-corrected chi connectivity index (χ4v) is 2.27. The van der Waals surface area contributed by atoms with E-state index in [1.807, 2.05) is 12.1 Å². The Morgan fingerprint density at radius 1 is 1.50 bits per heavy atom. The summed E-state index contributed by atoms with van der Waals surface area (Å²) in [6.45, 7) is 6.62. The molecule has 0 amide bonds. The molecule has 18 heavy (non-hydrogen) atoms. The van der Waals surface area contributed by atoms with E-state index in [4.69, 9.17) is 5.26 Å². The molecule has 1 aliphatic rings. The normalized spacial score (nSPS) is 17.3. The third kappa shape index (κ3) is 3.44. The Morgan fingerprint density at radius 2 is 2.28 bits per heavy atom. The van der Waals surface area contributed by atoms with Gasteiger partial charge in [-0.2, -0.15) is 5.26 Å². The number of anilines is 1. The van der Waals surface area contributed by atoms with Crippen molar-refractivity contribution in [2.24, 2.45) is 5.92 Å². The van der Waals surface area contributed by atoms with Gasteiger partial charge in [0.25, 0.3) is 0 Å². The largest absolute Gasteiger partial charge is 0.381 e. The summed E-state index contributed by atoms with van der Waals surface area (Å²) in [5, 5.41) is 12.2. The van der Waals surface area contributed by atoms with Crippen molar-refractivity contribution in [3.05, 3.63) is 24.0 Å². The molecule has 0 aromatic carbocycles. The molecular formula is C14H20N4. The van der Waals surface area contributed by atoms with Crippen molar-refractivity contribution < 1.29 is 0 Å². The van der Waals surface area contributed by atoms with Crippen LogP contribution in [0.3, 0.4) is 0 Å². The highest BCUT2D eigenvalue weighted by Gasteiger charge is 2.14. The van der Waals surface area contributed by atoms with Crippen LogP contribution in [0.15, 0.2) is 18.3 Å². The number of aromatic nitrogens is 1. The Morgan fingerprint density at radius 3 is 3.00 bits per heavy atom. The average molecular weight is 244 g/mol. The first-order valence-corrected chi connectivity index (χ1v) is 6.61. The van der Waals surface area contributed by atoms with Gasteiger partial charge in [-0.3, -0.25) is 0 Å². The number of rotatable bonds is 4. The van der Waals surface area contributed by atoms with Gasteiger partial charge in [0.1, 0.15) is 6.07 Å². The molecule has 0 bridgehead atoms. The van der Waals surface area contributed by atoms with Crippen LogP contribution in [0.4, 0.5) is 5.69 Å². The Labute approximate surface area is 109 Å². The van der Waals surface area contributed by atoms with E-state index >= 15 is 0 Å². The number of piperidine rings is 1. The van der Waals surface area contributed by atoms with Gasteiger partial charge in [-0.05, 0) is 44.0 Å². The second-order valence-electron chi connectivity index (χ2n) is 4.96. The third-order valence-electron chi connectivity index (χ3n) is 3.53. The number of likely N-dealkylation sites (tertiary alicyclic amines) is 1. The first-order valence-electron chi connectivity index (χ1n) is 6.61. The molecular weight excluding hydrogens is 224 g/mol. The maximum Gasteiger partial charge on any atom is 0.163 e. The standard InChI is InChI=1S/C14H20N4/c1-12-4-8-18(9-5-12)10-7-17-13-3-2-6-16-14(13)11-15/h2-3,6,12,17H,4-5,7-10H2,1H3. The van der Waals surface area contributed by atoms with Crippen molar-refractivity contribution >= 4 is 5.69 Å². The summed E-state index contributed by atoms with van der Waals surface area (Å²) in [6, 6.07) is 5.86. The van der Waals surface area contributed by atoms with Gasteiger partial charge in [0.15, 0.2) is 5.69 Å². The minimum Gasteiger partial charge on any atom is -0.381 e. The van der Waals surface area contributed by atoms with Gasteiger partial charge in [0.2, 0.25) is 0 Å². The highest BCUT2D eigenvalue weighted by atomic mass is 15.1. The Hall–Kier alpha value is -1.60. The van der Waals surface area contributed by atoms with Crippen LogP contribution in [0.2, 0.25) is 0 Å². The van der Waals surface area contributed by atoms with Gasteiger partial charge < -0.3 is 10.2 Å². The quantitative estimate of drug-likeness (QED) is 0.881. The summed E-state index contributed by atoms with van der Waals surface area (Å²) in [7, 11) is 0. The number of hydrogen-bond acceptors (Lipinski definition) is 4. The fraction of sp³-hybridized carbons (Fsp3) is 0.571. The molecule has 2 rings (SSSR count). The molecule has 0 spiro atoms. The van der Waals surface area contributed by atoms with Crippen molar-refractivity contribution in [1.29, 1.82) is 5.26 Å². The third-order valence-corrected chi connectivity index (χ3v) is 3.53. The zero-order valence-electron chi connectivity index (χ0n) is 10.9. The van der Waals surface area contributed by atoms with Crippen molar-refractivity contribution in [1.82, 2.24) is 9.88 Å². The van der Waals surface area contributed by atoms with Crippen molar-refractivity contribution in [3.8, 4) is 6.07 Å². The highest BCUT2D eigenvalue weighted by molar-refractivity contribution is 5.53. The van der Waals surface area contributed by atoms with Crippen LogP contribution in [0.1, 0.15) is 25.5 Å². The molecule has 4 heteroatoms. The van der Waals surface area contributed by atoms with E-state index in [1.165, 1.54) is 25.9 Å². The van der Waals surface area contributed by atoms with Gasteiger partial charge in [-0.1, -0.05) is 6.92 Å². The first-order chi connectivity index (χ1) is 8.79. The lowest BCUT2D eigenvalue weighted by Crippen LogP contribution is -2.36. The number of nitrogens with one attached hydrogen (secondary N) is 1. The SMILES string of the molecule is CC1CCN(CCNc2cccnc2C#N)CC1. The molecule has 0 saturated carbocycles. The highest BCUT2D eigenvalue weighted by Crippen LogP contribution is 2.15. The molecule has 0 unspecified atom stereocenters. The Kier molecular flexibility index (Phi) is 4.54. The van der Waals surface area contributed by atoms with Crippen LogP contribution in [-0.4, -0.2) is 36.1 Å². The zero-order chi connectivity index (χ0) is 12.8. The summed E-state index contributed by atoms with van der Waals surface area (Å²) in [4.78, 5) is 6.52. The van der Waals surface area contributed by atoms with Crippen molar-refractivity contribution in [2.75, 3.05) is 31.5 Å². The van der Waals surface area contributed by atoms with Gasteiger partial charge in [0, 0.05) is 19.3 Å². The fourth-order valence-electron chi connectivity index (χ4n) is 2.27. The maximum atomic E-state index is 8.93. The lowest BCUT2D eigenvalue weighted by atomic mass is 9.99. The van der Waals surface area contributed by atoms with E-state index in [2.05, 4.69) is 28.2 Å². The molecule has 4 nitrogen and oxygen atoms in total. The van der Waals surface area contributed by atoms with Gasteiger partial charge in [0.05, 0.1) is 5.69 Å². The van der Waals surface area contributed by atoms with E-state index in [0.717, 1.165) is 24.7 Å². The minimum atomic E-state index is 0.477. The molecule has 1 saturated heterocycles.